The molecule has 2 saturated heterocycles. The first kappa shape index (κ1) is 28.0. The van der Waals surface area contributed by atoms with Crippen LogP contribution >= 0.6 is 0 Å². The van der Waals surface area contributed by atoms with E-state index in [9.17, 15) is 10.5 Å². The van der Waals surface area contributed by atoms with E-state index in [-0.39, 0.29) is 6.04 Å². The molecule has 9 nitrogen and oxygen atoms in total. The smallest absolute Gasteiger partial charge is 0.318 e. The number of nitrogens with zero attached hydrogens (tertiary/aromatic N) is 8. The standard InChI is InChI=1S/C33H38N8O/c1-38-16-7-11-28(38)24-42-33-36-30-23-40(31-12-6-5-10-26(31)20-35)17-14-29(30)32(37-33)41-19-18-39(27(22-41)13-15-34)21-25-8-3-2-4-9-25/h2-6,8-10,12,27-28H,7,11,13-14,16-19,21-24H2,1H3/t27-,28-/m0/s1. The number of ether oxygens (including phenoxy) is 1. The molecular formula is C33H38N8O. The summed E-state index contributed by atoms with van der Waals surface area (Å²) in [5.41, 5.74) is 4.98. The summed E-state index contributed by atoms with van der Waals surface area (Å²) in [6.45, 7) is 6.27. The van der Waals surface area contributed by atoms with Crippen molar-refractivity contribution in [3.05, 3.63) is 77.0 Å². The van der Waals surface area contributed by atoms with Crippen molar-refractivity contribution in [3.63, 3.8) is 0 Å². The molecule has 42 heavy (non-hydrogen) atoms. The summed E-state index contributed by atoms with van der Waals surface area (Å²) in [7, 11) is 2.15. The lowest BCUT2D eigenvalue weighted by Gasteiger charge is -2.42. The Hall–Kier alpha value is -4.18. The van der Waals surface area contributed by atoms with Gasteiger partial charge in [-0.3, -0.25) is 4.90 Å². The maximum absolute atomic E-state index is 9.72. The highest BCUT2D eigenvalue weighted by molar-refractivity contribution is 5.62. The highest BCUT2D eigenvalue weighted by Gasteiger charge is 2.32. The van der Waals surface area contributed by atoms with Gasteiger partial charge in [0.25, 0.3) is 0 Å². The predicted molar refractivity (Wildman–Crippen MR) is 162 cm³/mol. The average molecular weight is 563 g/mol. The van der Waals surface area contributed by atoms with E-state index in [0.717, 1.165) is 74.9 Å². The zero-order chi connectivity index (χ0) is 28.9. The minimum Gasteiger partial charge on any atom is -0.462 e. The van der Waals surface area contributed by atoms with Crippen LogP contribution in [0.15, 0.2) is 54.6 Å². The fourth-order valence-corrected chi connectivity index (χ4v) is 6.54. The van der Waals surface area contributed by atoms with Gasteiger partial charge in [0.15, 0.2) is 0 Å². The number of benzene rings is 2. The molecule has 3 aliphatic heterocycles. The molecule has 6 rings (SSSR count). The van der Waals surface area contributed by atoms with E-state index in [1.165, 1.54) is 12.0 Å². The van der Waals surface area contributed by atoms with Gasteiger partial charge >= 0.3 is 6.01 Å². The molecule has 0 saturated carbocycles. The lowest BCUT2D eigenvalue weighted by atomic mass is 10.0. The second-order valence-electron chi connectivity index (χ2n) is 11.6. The molecule has 2 aromatic carbocycles. The normalized spacial score (nSPS) is 21.0. The van der Waals surface area contributed by atoms with Gasteiger partial charge in [-0.05, 0) is 50.6 Å². The summed E-state index contributed by atoms with van der Waals surface area (Å²) in [6, 6.07) is 23.9. The van der Waals surface area contributed by atoms with Crippen LogP contribution in [-0.2, 0) is 19.5 Å². The van der Waals surface area contributed by atoms with Crippen LogP contribution in [0.2, 0.25) is 0 Å². The summed E-state index contributed by atoms with van der Waals surface area (Å²) < 4.78 is 6.29. The molecule has 0 amide bonds. The van der Waals surface area contributed by atoms with Gasteiger partial charge in [0.05, 0.1) is 36.0 Å². The maximum atomic E-state index is 9.72. The Bertz CT molecular complexity index is 1470. The lowest BCUT2D eigenvalue weighted by molar-refractivity contribution is 0.169. The molecule has 0 radical (unpaired) electrons. The van der Waals surface area contributed by atoms with Crippen LogP contribution < -0.4 is 14.5 Å². The topological polar surface area (TPSA) is 95.6 Å². The third-order valence-electron chi connectivity index (χ3n) is 8.92. The molecule has 0 bridgehead atoms. The molecule has 0 spiro atoms. The van der Waals surface area contributed by atoms with Crippen molar-refractivity contribution in [1.29, 1.82) is 10.5 Å². The molecule has 0 N–H and O–H groups in total. The zero-order valence-electron chi connectivity index (χ0n) is 24.3. The van der Waals surface area contributed by atoms with Crippen LogP contribution in [0.4, 0.5) is 11.5 Å². The van der Waals surface area contributed by atoms with Crippen LogP contribution in [-0.4, -0.2) is 78.2 Å². The highest BCUT2D eigenvalue weighted by atomic mass is 16.5. The third kappa shape index (κ3) is 6.04. The first-order valence-electron chi connectivity index (χ1n) is 15.0. The number of likely N-dealkylation sites (N-methyl/N-ethyl adjacent to an activating group) is 1. The number of para-hydroxylation sites is 1. The van der Waals surface area contributed by atoms with Crippen molar-refractivity contribution >= 4 is 11.5 Å². The molecule has 3 aliphatic rings. The van der Waals surface area contributed by atoms with Gasteiger partial charge in [0.1, 0.15) is 18.5 Å². The number of hydrogen-bond donors (Lipinski definition) is 0. The van der Waals surface area contributed by atoms with E-state index in [4.69, 9.17) is 14.7 Å². The number of rotatable bonds is 8. The molecule has 216 valence electrons. The summed E-state index contributed by atoms with van der Waals surface area (Å²) >= 11 is 0. The fourth-order valence-electron chi connectivity index (χ4n) is 6.54. The minimum atomic E-state index is 0.105. The molecule has 9 heteroatoms. The van der Waals surface area contributed by atoms with E-state index >= 15 is 0 Å². The number of hydrogen-bond acceptors (Lipinski definition) is 9. The van der Waals surface area contributed by atoms with Crippen LogP contribution in [0.3, 0.4) is 0 Å². The molecular weight excluding hydrogens is 524 g/mol. The molecule has 0 aliphatic carbocycles. The van der Waals surface area contributed by atoms with Crippen molar-refractivity contribution in [2.45, 2.75) is 50.9 Å². The van der Waals surface area contributed by atoms with Gasteiger partial charge in [-0.25, -0.2) is 0 Å². The number of aromatic nitrogens is 2. The number of likely N-dealkylation sites (tertiary alicyclic amines) is 1. The second-order valence-corrected chi connectivity index (χ2v) is 11.6. The molecule has 1 aromatic heterocycles. The molecule has 2 fully saturated rings. The average Bonchev–Trinajstić information content (AvgIpc) is 3.45. The highest BCUT2D eigenvalue weighted by Crippen LogP contribution is 2.33. The van der Waals surface area contributed by atoms with E-state index in [0.29, 0.717) is 37.2 Å². The van der Waals surface area contributed by atoms with E-state index < -0.39 is 0 Å². The number of nitriles is 2. The van der Waals surface area contributed by atoms with Gasteiger partial charge in [0.2, 0.25) is 0 Å². The van der Waals surface area contributed by atoms with E-state index in [1.54, 1.807) is 0 Å². The van der Waals surface area contributed by atoms with Crippen LogP contribution in [0.1, 0.15) is 41.6 Å². The lowest BCUT2D eigenvalue weighted by Crippen LogP contribution is -2.53. The second kappa shape index (κ2) is 12.8. The molecule has 0 unspecified atom stereocenters. The molecule has 2 atom stereocenters. The summed E-state index contributed by atoms with van der Waals surface area (Å²) in [4.78, 5) is 19.3. The quantitative estimate of drug-likeness (QED) is 0.404. The van der Waals surface area contributed by atoms with Gasteiger partial charge in [-0.1, -0.05) is 42.5 Å². The zero-order valence-corrected chi connectivity index (χ0v) is 24.3. The minimum absolute atomic E-state index is 0.105. The van der Waals surface area contributed by atoms with Crippen molar-refractivity contribution < 1.29 is 4.74 Å². The summed E-state index contributed by atoms with van der Waals surface area (Å²) in [5.74, 6) is 0.935. The van der Waals surface area contributed by atoms with Crippen LogP contribution in [0.5, 0.6) is 6.01 Å². The number of fused-ring (bicyclic) bond motifs is 1. The molecule has 3 aromatic rings. The SMILES string of the molecule is CN1CCC[C@H]1COc1nc2c(c(N3CCN(Cc4ccccc4)[C@@H](CC#N)C3)n1)CCN(c1ccccc1C#N)C2. The van der Waals surface area contributed by atoms with Crippen molar-refractivity contribution in [2.75, 3.05) is 56.2 Å². The summed E-state index contributed by atoms with van der Waals surface area (Å²) in [5, 5.41) is 19.4. The number of anilines is 2. The van der Waals surface area contributed by atoms with Gasteiger partial charge in [-0.15, -0.1) is 0 Å². The summed E-state index contributed by atoms with van der Waals surface area (Å²) in [6.07, 6.45) is 3.55. The van der Waals surface area contributed by atoms with Gasteiger partial charge < -0.3 is 19.4 Å². The number of piperazine rings is 1. The molecule has 4 heterocycles. The Kier molecular flexibility index (Phi) is 8.50. The van der Waals surface area contributed by atoms with E-state index in [1.807, 2.05) is 30.3 Å². The van der Waals surface area contributed by atoms with Crippen molar-refractivity contribution in [1.82, 2.24) is 19.8 Å². The van der Waals surface area contributed by atoms with Crippen LogP contribution in [0, 0.1) is 22.7 Å². The van der Waals surface area contributed by atoms with Crippen molar-refractivity contribution in [2.24, 2.45) is 0 Å². The van der Waals surface area contributed by atoms with Gasteiger partial charge in [0, 0.05) is 50.4 Å². The first-order chi connectivity index (χ1) is 20.6. The Morgan fingerprint density at radius 2 is 1.76 bits per heavy atom. The van der Waals surface area contributed by atoms with Crippen LogP contribution in [0.25, 0.3) is 0 Å². The third-order valence-corrected chi connectivity index (χ3v) is 8.92. The first-order valence-corrected chi connectivity index (χ1v) is 15.0. The largest absolute Gasteiger partial charge is 0.462 e. The Morgan fingerprint density at radius 1 is 0.929 bits per heavy atom. The fraction of sp³-hybridized carbons (Fsp3) is 0.455. The van der Waals surface area contributed by atoms with E-state index in [2.05, 4.69) is 63.1 Å². The Morgan fingerprint density at radius 3 is 2.55 bits per heavy atom. The Balaban J connectivity index is 1.28. The predicted octanol–water partition coefficient (Wildman–Crippen LogP) is 3.99. The van der Waals surface area contributed by atoms with Gasteiger partial charge in [-0.2, -0.15) is 20.5 Å². The Labute approximate surface area is 248 Å². The van der Waals surface area contributed by atoms with Crippen molar-refractivity contribution in [3.8, 4) is 18.1 Å². The maximum Gasteiger partial charge on any atom is 0.318 e. The monoisotopic (exact) mass is 562 g/mol.